The van der Waals surface area contributed by atoms with E-state index in [1.807, 2.05) is 67.1 Å². The summed E-state index contributed by atoms with van der Waals surface area (Å²) in [5.41, 5.74) is 5.45. The van der Waals surface area contributed by atoms with Gasteiger partial charge in [-0.15, -0.1) is 0 Å². The zero-order chi connectivity index (χ0) is 30.4. The molecule has 5 heterocycles. The molecule has 0 saturated carbocycles. The lowest BCUT2D eigenvalue weighted by atomic mass is 9.99. The maximum atomic E-state index is 13.4. The van der Waals surface area contributed by atoms with Gasteiger partial charge >= 0.3 is 0 Å². The average Bonchev–Trinajstić information content (AvgIpc) is 3.44. The molecule has 0 bridgehead atoms. The second kappa shape index (κ2) is 11.8. The monoisotopic (exact) mass is 626 g/mol. The van der Waals surface area contributed by atoms with Gasteiger partial charge in [0.15, 0.2) is 11.5 Å². The van der Waals surface area contributed by atoms with Crippen molar-refractivity contribution in [1.82, 2.24) is 29.6 Å². The molecule has 11 heteroatoms. The number of anilines is 3. The maximum absolute atomic E-state index is 13.4. The van der Waals surface area contributed by atoms with E-state index in [2.05, 4.69) is 30.6 Å². The van der Waals surface area contributed by atoms with Crippen molar-refractivity contribution in [1.29, 1.82) is 0 Å². The SMILES string of the molecule is CC(C)c1nc(Nc2cccc(-c3cccc(NC(=O)c4cc5n(n4)CCC[C@H]5N4CCC4)c3Cl)c2Cl)c2ncccc2n1. The minimum atomic E-state index is -0.293. The molecule has 1 amide bonds. The molecule has 3 aromatic heterocycles. The van der Waals surface area contributed by atoms with Gasteiger partial charge in [-0.2, -0.15) is 5.10 Å². The highest BCUT2D eigenvalue weighted by molar-refractivity contribution is 6.39. The van der Waals surface area contributed by atoms with Crippen molar-refractivity contribution >= 4 is 57.3 Å². The van der Waals surface area contributed by atoms with E-state index in [0.717, 1.165) is 43.7 Å². The van der Waals surface area contributed by atoms with Gasteiger partial charge in [0.05, 0.1) is 38.7 Å². The number of hydrogen-bond acceptors (Lipinski definition) is 7. The minimum Gasteiger partial charge on any atom is -0.337 e. The van der Waals surface area contributed by atoms with Gasteiger partial charge in [0.1, 0.15) is 11.3 Å². The number of carbonyl (C=O) groups is 1. The predicted molar refractivity (Wildman–Crippen MR) is 175 cm³/mol. The molecular formula is C33H32Cl2N8O. The van der Waals surface area contributed by atoms with Crippen LogP contribution in [-0.2, 0) is 6.54 Å². The van der Waals surface area contributed by atoms with Gasteiger partial charge in [-0.1, -0.05) is 61.3 Å². The van der Waals surface area contributed by atoms with Crippen molar-refractivity contribution in [2.75, 3.05) is 23.7 Å². The number of hydrogen-bond donors (Lipinski definition) is 2. The number of halogens is 2. The summed E-state index contributed by atoms with van der Waals surface area (Å²) >= 11 is 13.9. The van der Waals surface area contributed by atoms with E-state index >= 15 is 0 Å². The largest absolute Gasteiger partial charge is 0.337 e. The summed E-state index contributed by atoms with van der Waals surface area (Å²) in [5, 5.41) is 11.9. The van der Waals surface area contributed by atoms with E-state index in [0.29, 0.717) is 61.4 Å². The van der Waals surface area contributed by atoms with E-state index in [4.69, 9.17) is 28.2 Å². The molecule has 2 N–H and O–H groups in total. The molecule has 2 aromatic carbocycles. The van der Waals surface area contributed by atoms with Crippen LogP contribution in [0.15, 0.2) is 60.8 Å². The molecule has 9 nitrogen and oxygen atoms in total. The number of carbonyl (C=O) groups excluding carboxylic acids is 1. The van der Waals surface area contributed by atoms with Crippen LogP contribution in [0, 0.1) is 0 Å². The Morgan fingerprint density at radius 1 is 0.932 bits per heavy atom. The number of nitrogens with zero attached hydrogens (tertiary/aromatic N) is 6. The fourth-order valence-corrected chi connectivity index (χ4v) is 6.46. The Morgan fingerprint density at radius 3 is 2.41 bits per heavy atom. The van der Waals surface area contributed by atoms with Gasteiger partial charge in [0.25, 0.3) is 5.91 Å². The lowest BCUT2D eigenvalue weighted by molar-refractivity contribution is 0.0937. The Hall–Kier alpha value is -4.05. The fraction of sp³-hybridized carbons (Fsp3) is 0.303. The van der Waals surface area contributed by atoms with Crippen molar-refractivity contribution in [3.8, 4) is 11.1 Å². The van der Waals surface area contributed by atoms with Gasteiger partial charge in [-0.3, -0.25) is 19.4 Å². The molecule has 0 spiro atoms. The number of likely N-dealkylation sites (tertiary alicyclic amines) is 1. The van der Waals surface area contributed by atoms with Crippen molar-refractivity contribution in [2.45, 2.75) is 51.6 Å². The molecule has 224 valence electrons. The Morgan fingerprint density at radius 2 is 1.68 bits per heavy atom. The quantitative estimate of drug-likeness (QED) is 0.190. The topological polar surface area (TPSA) is 101 Å². The molecule has 0 aliphatic carbocycles. The molecular weight excluding hydrogens is 595 g/mol. The highest BCUT2D eigenvalue weighted by Gasteiger charge is 2.32. The van der Waals surface area contributed by atoms with Crippen LogP contribution in [0.25, 0.3) is 22.2 Å². The Balaban J connectivity index is 1.17. The first-order chi connectivity index (χ1) is 21.4. The maximum Gasteiger partial charge on any atom is 0.276 e. The lowest BCUT2D eigenvalue weighted by Gasteiger charge is -2.40. The van der Waals surface area contributed by atoms with E-state index in [-0.39, 0.29) is 11.8 Å². The summed E-state index contributed by atoms with van der Waals surface area (Å²) in [5.74, 6) is 1.12. The van der Waals surface area contributed by atoms with Gasteiger partial charge in [-0.05, 0) is 49.6 Å². The van der Waals surface area contributed by atoms with Gasteiger partial charge in [0, 0.05) is 42.9 Å². The highest BCUT2D eigenvalue weighted by Crippen LogP contribution is 2.41. The van der Waals surface area contributed by atoms with Crippen molar-refractivity contribution in [3.05, 3.63) is 88.1 Å². The average molecular weight is 628 g/mol. The molecule has 5 aromatic rings. The molecule has 1 saturated heterocycles. The Labute approximate surface area is 265 Å². The van der Waals surface area contributed by atoms with E-state index in [1.165, 1.54) is 6.42 Å². The summed E-state index contributed by atoms with van der Waals surface area (Å²) < 4.78 is 1.98. The summed E-state index contributed by atoms with van der Waals surface area (Å²) in [6.07, 6.45) is 5.09. The van der Waals surface area contributed by atoms with E-state index in [9.17, 15) is 4.79 Å². The first-order valence-corrected chi connectivity index (χ1v) is 15.7. The first-order valence-electron chi connectivity index (χ1n) is 15.0. The molecule has 1 atom stereocenters. The third-order valence-electron chi connectivity index (χ3n) is 8.34. The number of amides is 1. The van der Waals surface area contributed by atoms with Crippen LogP contribution >= 0.6 is 23.2 Å². The van der Waals surface area contributed by atoms with Crippen LogP contribution < -0.4 is 10.6 Å². The molecule has 0 unspecified atom stereocenters. The third-order valence-corrected chi connectivity index (χ3v) is 9.16. The van der Waals surface area contributed by atoms with Crippen molar-refractivity contribution in [2.24, 2.45) is 0 Å². The molecule has 44 heavy (non-hydrogen) atoms. The number of fused-ring (bicyclic) bond motifs is 2. The number of pyridine rings is 1. The van der Waals surface area contributed by atoms with Crippen LogP contribution in [-0.4, -0.2) is 48.6 Å². The van der Waals surface area contributed by atoms with Crippen LogP contribution in [0.3, 0.4) is 0 Å². The minimum absolute atomic E-state index is 0.133. The van der Waals surface area contributed by atoms with Crippen molar-refractivity contribution in [3.63, 3.8) is 0 Å². The van der Waals surface area contributed by atoms with Crippen LogP contribution in [0.4, 0.5) is 17.2 Å². The molecule has 2 aliphatic heterocycles. The Bertz CT molecular complexity index is 1880. The van der Waals surface area contributed by atoms with Gasteiger partial charge in [-0.25, -0.2) is 9.97 Å². The third kappa shape index (κ3) is 5.29. The summed E-state index contributed by atoms with van der Waals surface area (Å²) in [6, 6.07) is 17.2. The second-order valence-electron chi connectivity index (χ2n) is 11.6. The first kappa shape index (κ1) is 28.7. The van der Waals surface area contributed by atoms with Crippen LogP contribution in [0.2, 0.25) is 10.0 Å². The zero-order valence-corrected chi connectivity index (χ0v) is 26.0. The number of benzene rings is 2. The number of rotatable bonds is 7. The Kier molecular flexibility index (Phi) is 7.70. The van der Waals surface area contributed by atoms with Crippen molar-refractivity contribution < 1.29 is 4.79 Å². The second-order valence-corrected chi connectivity index (χ2v) is 12.4. The lowest BCUT2D eigenvalue weighted by Crippen LogP contribution is -2.42. The van der Waals surface area contributed by atoms with Gasteiger partial charge in [0.2, 0.25) is 0 Å². The normalized spacial score (nSPS) is 16.5. The summed E-state index contributed by atoms with van der Waals surface area (Å²) in [4.78, 5) is 29.8. The summed E-state index contributed by atoms with van der Waals surface area (Å²) in [7, 11) is 0. The molecule has 0 radical (unpaired) electrons. The number of aromatic nitrogens is 5. The molecule has 2 aliphatic rings. The van der Waals surface area contributed by atoms with Crippen LogP contribution in [0.5, 0.6) is 0 Å². The smallest absolute Gasteiger partial charge is 0.276 e. The number of aryl methyl sites for hydroxylation is 1. The highest BCUT2D eigenvalue weighted by atomic mass is 35.5. The molecule has 7 rings (SSSR count). The fourth-order valence-electron chi connectivity index (χ4n) is 5.91. The molecule has 1 fully saturated rings. The predicted octanol–water partition coefficient (Wildman–Crippen LogP) is 7.86. The van der Waals surface area contributed by atoms with E-state index in [1.54, 1.807) is 12.3 Å². The van der Waals surface area contributed by atoms with E-state index < -0.39 is 0 Å². The number of nitrogens with one attached hydrogen (secondary N) is 2. The summed E-state index contributed by atoms with van der Waals surface area (Å²) in [6.45, 7) is 7.13. The zero-order valence-electron chi connectivity index (χ0n) is 24.5. The standard InChI is InChI=1S/C33H32Cl2N8O/c1-19(2)31-38-24-12-5-14-36-30(24)32(40-31)37-22-10-3-8-20(28(22)34)21-9-4-11-23(29(21)35)39-33(44)25-18-27-26(42-15-7-16-42)13-6-17-43(27)41-25/h3-5,8-12,14,18-19,26H,6-7,13,15-17H2,1-2H3,(H,39,44)(H,37,38,40)/t26-/m1/s1. The van der Waals surface area contributed by atoms with Gasteiger partial charge < -0.3 is 10.6 Å². The van der Waals surface area contributed by atoms with Crippen LogP contribution in [0.1, 0.15) is 67.1 Å².